The van der Waals surface area contributed by atoms with Gasteiger partial charge in [0, 0.05) is 78.5 Å². The Morgan fingerprint density at radius 3 is 0.966 bits per heavy atom. The van der Waals surface area contributed by atoms with Gasteiger partial charge >= 0.3 is 0 Å². The normalized spacial score (nSPS) is 14.6. The fraction of sp³-hybridized carbons (Fsp3) is 0.211. The third kappa shape index (κ3) is 14.3. The van der Waals surface area contributed by atoms with Gasteiger partial charge in [-0.25, -0.2) is 0 Å². The van der Waals surface area contributed by atoms with Crippen LogP contribution in [0.5, 0.6) is 0 Å². The van der Waals surface area contributed by atoms with Gasteiger partial charge in [-0.15, -0.1) is 0 Å². The molecule has 0 amide bonds. The summed E-state index contributed by atoms with van der Waals surface area (Å²) in [6.45, 7) is 40.5. The Bertz CT molecular complexity index is 7120. The number of nitrogens with zero attached hydrogens (tertiary/aromatic N) is 4. The van der Waals surface area contributed by atoms with Crippen LogP contribution in [-0.4, -0.2) is 11.3 Å². The summed E-state index contributed by atoms with van der Waals surface area (Å²) in [6.07, 6.45) is 0. The van der Waals surface area contributed by atoms with Crippen LogP contribution in [0.4, 0.5) is 51.2 Å². The molecule has 0 saturated carbocycles. The van der Waals surface area contributed by atoms with E-state index in [1.807, 2.05) is 6.07 Å². The number of rotatable bonds is 12. The Hall–Kier alpha value is -12.4. The maximum atomic E-state index is 10.2. The Kier molecular flexibility index (Phi) is 15.7. The number of hydrogen-bond donors (Lipinski definition) is 0. The van der Waals surface area contributed by atoms with E-state index < -0.39 is 90.7 Å². The van der Waals surface area contributed by atoms with Crippen molar-refractivity contribution in [2.75, 3.05) is 14.7 Å². The molecule has 0 radical (unpaired) electrons. The minimum atomic E-state index is -0.590. The van der Waals surface area contributed by atoms with Gasteiger partial charge in [-0.05, 0) is 230 Å². The van der Waals surface area contributed by atoms with Crippen molar-refractivity contribution >= 4 is 96.1 Å². The van der Waals surface area contributed by atoms with Crippen LogP contribution in [0.15, 0.2) is 333 Å². The molecule has 0 saturated heterocycles. The number of fused-ring (bicyclic) bond motifs is 7. The Labute approximate surface area is 725 Å². The van der Waals surface area contributed by atoms with Crippen molar-refractivity contribution in [1.29, 1.82) is 0 Å². The SMILES string of the molecule is [2H]c1c([2H])c([2H])c(N(c2ccc(-n3c4c([2H])c([2H])c([2H])c([2H])c4c4c([2H])c([2H])c([2H])c([2H])c43)cc2)c2ccc3c(c2)N(c2c(-c4ccccc4)cc(C(C)(C)C)cc2-c2ccccc2)c2cc(-c4cc(C(C)(C)C)cc(C(C)(C)C)c4)cc4c2B3c2ccc(-c3cc(C(C)(C)C)cc(C(C)(C)C)c3)cc2N4c2c(-c3ccccc3)cc(C(C)(C)C)cc2-c2ccccc2)c([2H])c1[2H]. The number of benzene rings is 15. The quantitative estimate of drug-likeness (QED) is 0.113. The average Bonchev–Trinajstić information content (AvgIpc) is 0.781. The van der Waals surface area contributed by atoms with Crippen LogP contribution in [0.2, 0.25) is 0 Å². The van der Waals surface area contributed by atoms with Gasteiger partial charge in [-0.1, -0.05) is 355 Å². The van der Waals surface area contributed by atoms with Gasteiger partial charge in [-0.3, -0.25) is 0 Å². The average molecular weight is 1560 g/mol. The molecule has 2 aliphatic heterocycles. The van der Waals surface area contributed by atoms with E-state index in [1.165, 1.54) is 26.8 Å². The summed E-state index contributed by atoms with van der Waals surface area (Å²) in [7, 11) is 0. The number of anilines is 9. The predicted octanol–water partition coefficient (Wildman–Crippen LogP) is 30.1. The lowest BCUT2D eigenvalue weighted by Crippen LogP contribution is -2.61. The van der Waals surface area contributed by atoms with Crippen LogP contribution in [-0.2, 0) is 32.5 Å². The molecule has 0 N–H and O–H groups in total. The molecule has 588 valence electrons. The molecule has 18 rings (SSSR count). The smallest absolute Gasteiger partial charge is 0.252 e. The molecule has 0 aliphatic carbocycles. The van der Waals surface area contributed by atoms with Crippen molar-refractivity contribution in [3.63, 3.8) is 0 Å². The Balaban J connectivity index is 1.05. The second kappa shape index (κ2) is 29.3. The van der Waals surface area contributed by atoms with Gasteiger partial charge < -0.3 is 19.3 Å². The summed E-state index contributed by atoms with van der Waals surface area (Å²) in [6, 6.07) is 85.0. The first-order chi connectivity index (χ1) is 62.2. The molecular formula is C114H109BN4. The Morgan fingerprint density at radius 2 is 0.580 bits per heavy atom. The van der Waals surface area contributed by atoms with Crippen LogP contribution in [0.25, 0.3) is 94.3 Å². The largest absolute Gasteiger partial charge is 0.310 e. The molecule has 4 nitrogen and oxygen atoms in total. The first kappa shape index (κ1) is 63.7. The van der Waals surface area contributed by atoms with Crippen LogP contribution in [0.3, 0.4) is 0 Å². The lowest BCUT2D eigenvalue weighted by atomic mass is 9.33. The van der Waals surface area contributed by atoms with E-state index in [9.17, 15) is 11.0 Å². The van der Waals surface area contributed by atoms with E-state index in [2.05, 4.69) is 359 Å². The summed E-state index contributed by atoms with van der Waals surface area (Å²) in [4.78, 5) is 6.80. The molecule has 0 fully saturated rings. The lowest BCUT2D eigenvalue weighted by Gasteiger charge is -2.46. The van der Waals surface area contributed by atoms with Gasteiger partial charge in [0.25, 0.3) is 6.71 Å². The molecule has 0 unspecified atom stereocenters. The van der Waals surface area contributed by atoms with Crippen LogP contribution >= 0.6 is 0 Å². The van der Waals surface area contributed by atoms with Crippen LogP contribution in [0, 0.1) is 0 Å². The van der Waals surface area contributed by atoms with E-state index >= 15 is 0 Å². The van der Waals surface area contributed by atoms with Gasteiger partial charge in [0.05, 0.1) is 40.2 Å². The molecule has 1 aromatic heterocycles. The highest BCUT2D eigenvalue weighted by molar-refractivity contribution is 7.00. The van der Waals surface area contributed by atoms with Gasteiger partial charge in [0.15, 0.2) is 0 Å². The van der Waals surface area contributed by atoms with Crippen molar-refractivity contribution in [2.45, 2.75) is 157 Å². The molecule has 0 spiro atoms. The zero-order chi connectivity index (χ0) is 94.3. The third-order valence-electron chi connectivity index (χ3n) is 24.2. The Morgan fingerprint density at radius 1 is 0.261 bits per heavy atom. The second-order valence-electron chi connectivity index (χ2n) is 38.6. The van der Waals surface area contributed by atoms with Gasteiger partial charge in [0.1, 0.15) is 0 Å². The van der Waals surface area contributed by atoms with E-state index in [-0.39, 0.29) is 60.3 Å². The molecule has 0 bridgehead atoms. The number of aromatic nitrogens is 1. The van der Waals surface area contributed by atoms with E-state index in [1.54, 1.807) is 29.2 Å². The lowest BCUT2D eigenvalue weighted by molar-refractivity contribution is 0.568. The minimum Gasteiger partial charge on any atom is -0.310 e. The van der Waals surface area contributed by atoms with Crippen LogP contribution in [0.1, 0.15) is 176 Å². The first-order valence-electron chi connectivity index (χ1n) is 48.2. The van der Waals surface area contributed by atoms with Crippen molar-refractivity contribution in [3.05, 3.63) is 367 Å². The minimum absolute atomic E-state index is 0.0730. The molecule has 3 heterocycles. The van der Waals surface area contributed by atoms with Crippen LogP contribution < -0.4 is 31.1 Å². The summed E-state index contributed by atoms with van der Waals surface area (Å²) in [5.74, 6) is 0. The topological polar surface area (TPSA) is 14.7 Å². The predicted molar refractivity (Wildman–Crippen MR) is 514 cm³/mol. The summed E-state index contributed by atoms with van der Waals surface area (Å²) < 4.78 is 124. The monoisotopic (exact) mass is 1560 g/mol. The van der Waals surface area contributed by atoms with Gasteiger partial charge in [0.2, 0.25) is 0 Å². The van der Waals surface area contributed by atoms with Gasteiger partial charge in [-0.2, -0.15) is 0 Å². The second-order valence-corrected chi connectivity index (χ2v) is 38.6. The first-order valence-corrected chi connectivity index (χ1v) is 41.7. The van der Waals surface area contributed by atoms with Crippen molar-refractivity contribution in [3.8, 4) is 72.4 Å². The summed E-state index contributed by atoms with van der Waals surface area (Å²) in [5.41, 5.74) is 26.0. The molecule has 16 aromatic rings. The zero-order valence-corrected chi connectivity index (χ0v) is 71.6. The molecular weight excluding hydrogens is 1440 g/mol. The molecule has 119 heavy (non-hydrogen) atoms. The maximum absolute atomic E-state index is 10.2. The summed E-state index contributed by atoms with van der Waals surface area (Å²) >= 11 is 0. The highest BCUT2D eigenvalue weighted by Gasteiger charge is 2.47. The van der Waals surface area contributed by atoms with E-state index in [0.29, 0.717) is 17.1 Å². The molecule has 5 heteroatoms. The van der Waals surface area contributed by atoms with Crippen molar-refractivity contribution in [1.82, 2.24) is 4.57 Å². The highest BCUT2D eigenvalue weighted by Crippen LogP contribution is 2.57. The number of hydrogen-bond acceptors (Lipinski definition) is 3. The fourth-order valence-electron chi connectivity index (χ4n) is 17.4. The molecule has 2 aliphatic rings. The fourth-order valence-corrected chi connectivity index (χ4v) is 17.4. The third-order valence-corrected chi connectivity index (χ3v) is 24.2. The van der Waals surface area contributed by atoms with Crippen molar-refractivity contribution in [2.24, 2.45) is 0 Å². The molecule has 0 atom stereocenters. The zero-order valence-electron chi connectivity index (χ0n) is 84.6. The van der Waals surface area contributed by atoms with E-state index in [0.717, 1.165) is 123 Å². The summed E-state index contributed by atoms with van der Waals surface area (Å²) in [5, 5.41) is -0.172. The molecule has 15 aromatic carbocycles. The standard InChI is InChI=1S/C114H109BN4/c1-109(2,3)82-60-79(61-83(67-82)110(4,5)6)78-52-58-98-102(64-78)118(107-94(74-38-24-19-25-39-74)69-86(113(13,14)15)70-95(107)75-40-26-20-27-41-75)104-65-81(80-62-84(111(7,8)9)68-85(63-80)112(10,11)12)66-105-106(104)115(98)99-59-57-91(73-103(99)119(105)108-96(76-42-28-21-29-43-76)71-87(114(16,17)18)72-97(108)77-44-30-22-31-45-77)116(88-46-32-23-33-47-88)89-53-55-90(56-54-89)117-100-50-36-34-48-92(100)93-49-35-37-51-101(93)117/h19-73H,1-18H3/i23D,32D,33D,34D,35D,36D,37D,46D,47D,48D,49D,50D,51D. The number of para-hydroxylation sites is 3. The van der Waals surface area contributed by atoms with Crippen molar-refractivity contribution < 1.29 is 17.8 Å². The highest BCUT2D eigenvalue weighted by atomic mass is 15.2. The van der Waals surface area contributed by atoms with E-state index in [4.69, 9.17) is 6.85 Å². The maximum Gasteiger partial charge on any atom is 0.252 e.